The van der Waals surface area contributed by atoms with Gasteiger partial charge in [-0.3, -0.25) is 0 Å². The quantitative estimate of drug-likeness (QED) is 0.114. The fourth-order valence-electron chi connectivity index (χ4n) is 5.28. The second-order valence-electron chi connectivity index (χ2n) is 10.7. The van der Waals surface area contributed by atoms with Gasteiger partial charge in [0.1, 0.15) is 28.0 Å². The van der Waals surface area contributed by atoms with E-state index in [1.165, 1.54) is 34.4 Å². The number of hydrogen-bond donors (Lipinski definition) is 0. The van der Waals surface area contributed by atoms with Gasteiger partial charge in [-0.2, -0.15) is 30.6 Å². The summed E-state index contributed by atoms with van der Waals surface area (Å²) >= 11 is 10.6. The molecule has 0 unspecified atom stereocenters. The number of thiophene rings is 6. The van der Waals surface area contributed by atoms with Crippen molar-refractivity contribution in [1.29, 1.82) is 10.5 Å². The Hall–Kier alpha value is -5.32. The average molecular weight is 781 g/mol. The van der Waals surface area contributed by atoms with Crippen LogP contribution in [0.5, 0.6) is 0 Å². The lowest BCUT2D eigenvalue weighted by Gasteiger charge is -2.03. The standard InChI is InChI=1S/C38H16N6S7/c1-41-27(31-8-5-24(20-40)47-31)18-23-4-10-33(46-23)35-14-12-30(49-35)26-7-6-25(37-38(26)44-51-43-37)29-11-13-34(48-29)32-9-3-22(45-32)17-21(19-39)28-15-16-36(42-2)50-28/h3-18H/b21-17+,27-18-. The van der Waals surface area contributed by atoms with Crippen molar-refractivity contribution in [2.75, 3.05) is 0 Å². The Bertz CT molecular complexity index is 2640. The van der Waals surface area contributed by atoms with E-state index in [1.54, 1.807) is 57.5 Å². The highest BCUT2D eigenvalue weighted by molar-refractivity contribution is 7.25. The summed E-state index contributed by atoms with van der Waals surface area (Å²) in [5.41, 5.74) is 4.95. The Morgan fingerprint density at radius 3 is 1.71 bits per heavy atom. The molecule has 0 spiro atoms. The topological polar surface area (TPSA) is 82.1 Å². The molecule has 0 bridgehead atoms. The van der Waals surface area contributed by atoms with E-state index in [0.717, 1.165) is 70.9 Å². The third-order valence-electron chi connectivity index (χ3n) is 7.64. The van der Waals surface area contributed by atoms with E-state index in [9.17, 15) is 5.26 Å². The predicted molar refractivity (Wildman–Crippen MR) is 218 cm³/mol. The Kier molecular flexibility index (Phi) is 9.10. The fourth-order valence-corrected chi connectivity index (χ4v) is 11.5. The van der Waals surface area contributed by atoms with Crippen LogP contribution in [0.1, 0.15) is 24.4 Å². The molecule has 0 atom stereocenters. The molecule has 0 aliphatic rings. The molecule has 0 radical (unpaired) electrons. The van der Waals surface area contributed by atoms with Gasteiger partial charge in [0.05, 0.1) is 30.4 Å². The first-order chi connectivity index (χ1) is 25.0. The molecule has 51 heavy (non-hydrogen) atoms. The summed E-state index contributed by atoms with van der Waals surface area (Å²) in [6.45, 7) is 14.9. The number of nitrogens with zero attached hydrogens (tertiary/aromatic N) is 6. The molecule has 7 heterocycles. The van der Waals surface area contributed by atoms with Crippen molar-refractivity contribution >= 4 is 119 Å². The number of fused-ring (bicyclic) bond motifs is 1. The smallest absolute Gasteiger partial charge is 0.237 e. The third-order valence-corrected chi connectivity index (χ3v) is 14.9. The number of rotatable bonds is 8. The van der Waals surface area contributed by atoms with E-state index in [2.05, 4.69) is 70.4 Å². The Morgan fingerprint density at radius 2 is 1.16 bits per heavy atom. The SMILES string of the molecule is [C-]#[N+]/C(=C\c1ccc(-c2ccc(-c3ccc(-c4ccc(-c5ccc(/C=C(\C#N)c6ccc([N+]#[C-])s6)s5)s4)c4nsnc34)s2)s1)c1ccc(C#N)s1. The molecule has 0 aliphatic carbocycles. The van der Waals surface area contributed by atoms with Crippen molar-refractivity contribution in [2.24, 2.45) is 0 Å². The Morgan fingerprint density at radius 1 is 0.588 bits per heavy atom. The average Bonchev–Trinajstić information content (AvgIpc) is 4.01. The maximum Gasteiger partial charge on any atom is 0.241 e. The molecule has 0 N–H and O–H groups in total. The Balaban J connectivity index is 1.03. The van der Waals surface area contributed by atoms with Crippen LogP contribution in [0, 0.1) is 35.8 Å². The maximum atomic E-state index is 9.76. The Labute approximate surface area is 320 Å². The maximum absolute atomic E-state index is 9.76. The molecule has 7 aromatic heterocycles. The van der Waals surface area contributed by atoms with Crippen molar-refractivity contribution in [2.45, 2.75) is 0 Å². The van der Waals surface area contributed by atoms with Crippen molar-refractivity contribution < 1.29 is 0 Å². The minimum atomic E-state index is 0.534. The lowest BCUT2D eigenvalue weighted by Crippen LogP contribution is -1.81. The number of allylic oxidation sites excluding steroid dienone is 1. The van der Waals surface area contributed by atoms with Gasteiger partial charge in [-0.1, -0.05) is 24.3 Å². The van der Waals surface area contributed by atoms with E-state index in [1.807, 2.05) is 36.4 Å². The minimum Gasteiger partial charge on any atom is -0.237 e. The van der Waals surface area contributed by atoms with Gasteiger partial charge in [-0.25, -0.2) is 9.69 Å². The van der Waals surface area contributed by atoms with Crippen LogP contribution < -0.4 is 0 Å². The van der Waals surface area contributed by atoms with Crippen molar-refractivity contribution in [3.05, 3.63) is 132 Å². The fraction of sp³-hybridized carbons (Fsp3) is 0. The van der Waals surface area contributed by atoms with Gasteiger partial charge in [-0.15, -0.1) is 56.7 Å². The van der Waals surface area contributed by atoms with E-state index in [0.29, 0.717) is 21.1 Å². The molecule has 0 aliphatic heterocycles. The lowest BCUT2D eigenvalue weighted by atomic mass is 10.1. The number of aromatic nitrogens is 2. The minimum absolute atomic E-state index is 0.534. The van der Waals surface area contributed by atoms with Crippen molar-refractivity contribution in [3.8, 4) is 52.5 Å². The van der Waals surface area contributed by atoms with Crippen LogP contribution in [0.25, 0.3) is 84.5 Å². The van der Waals surface area contributed by atoms with Crippen LogP contribution in [0.2, 0.25) is 0 Å². The zero-order valence-electron chi connectivity index (χ0n) is 25.8. The highest BCUT2D eigenvalue weighted by atomic mass is 32.1. The number of nitriles is 2. The molecule has 0 saturated heterocycles. The van der Waals surface area contributed by atoms with Gasteiger partial charge in [0.2, 0.25) is 10.7 Å². The molecule has 240 valence electrons. The molecule has 0 fully saturated rings. The molecule has 1 aromatic carbocycles. The first-order valence-electron chi connectivity index (χ1n) is 14.9. The van der Waals surface area contributed by atoms with Gasteiger partial charge in [0.15, 0.2) is 0 Å². The van der Waals surface area contributed by atoms with Gasteiger partial charge < -0.3 is 0 Å². The third kappa shape index (κ3) is 6.53. The van der Waals surface area contributed by atoms with Crippen LogP contribution in [-0.2, 0) is 0 Å². The molecular weight excluding hydrogens is 765 g/mol. The first kappa shape index (κ1) is 32.9. The van der Waals surface area contributed by atoms with Gasteiger partial charge >= 0.3 is 0 Å². The van der Waals surface area contributed by atoms with E-state index in [-0.39, 0.29) is 0 Å². The number of hydrogen-bond acceptors (Lipinski definition) is 11. The normalized spacial score (nSPS) is 11.7. The summed E-state index contributed by atoms with van der Waals surface area (Å²) in [5.74, 6) is 0. The predicted octanol–water partition coefficient (Wildman–Crippen LogP) is 13.6. The second kappa shape index (κ2) is 14.1. The van der Waals surface area contributed by atoms with Gasteiger partial charge in [-0.05, 0) is 72.8 Å². The van der Waals surface area contributed by atoms with Gasteiger partial charge in [0.25, 0.3) is 0 Å². The van der Waals surface area contributed by atoms with Crippen molar-refractivity contribution in [3.63, 3.8) is 0 Å². The summed E-state index contributed by atoms with van der Waals surface area (Å²) in [5, 5.41) is 19.5. The molecule has 6 nitrogen and oxygen atoms in total. The summed E-state index contributed by atoms with van der Waals surface area (Å²) in [6.07, 6.45) is 3.78. The molecule has 8 aromatic rings. The van der Waals surface area contributed by atoms with Crippen molar-refractivity contribution in [1.82, 2.24) is 8.75 Å². The molecule has 0 saturated carbocycles. The molecule has 0 amide bonds. The van der Waals surface area contributed by atoms with Crippen LogP contribution in [0.15, 0.2) is 84.9 Å². The van der Waals surface area contributed by atoms with Crippen LogP contribution >= 0.6 is 79.7 Å². The second-order valence-corrected chi connectivity index (χ2v) is 17.8. The zero-order valence-corrected chi connectivity index (χ0v) is 31.5. The molecular formula is C38H16N6S7. The highest BCUT2D eigenvalue weighted by Gasteiger charge is 2.18. The van der Waals surface area contributed by atoms with Gasteiger partial charge in [0, 0.05) is 59.9 Å². The van der Waals surface area contributed by atoms with E-state index in [4.69, 9.17) is 27.2 Å². The summed E-state index contributed by atoms with van der Waals surface area (Å²) in [7, 11) is 0. The van der Waals surface area contributed by atoms with Crippen LogP contribution in [0.4, 0.5) is 5.00 Å². The first-order valence-corrected chi connectivity index (χ1v) is 20.5. The van der Waals surface area contributed by atoms with E-state index < -0.39 is 0 Å². The van der Waals surface area contributed by atoms with Crippen LogP contribution in [-0.4, -0.2) is 8.75 Å². The highest BCUT2D eigenvalue weighted by Crippen LogP contribution is 2.44. The molecule has 13 heteroatoms. The zero-order chi connectivity index (χ0) is 34.9. The summed E-state index contributed by atoms with van der Waals surface area (Å²) in [4.78, 5) is 18.1. The van der Waals surface area contributed by atoms with E-state index >= 15 is 0 Å². The summed E-state index contributed by atoms with van der Waals surface area (Å²) in [6, 6.07) is 32.6. The number of benzene rings is 1. The lowest BCUT2D eigenvalue weighted by molar-refractivity contribution is 1.52. The summed E-state index contributed by atoms with van der Waals surface area (Å²) < 4.78 is 9.45. The molecule has 8 rings (SSSR count). The van der Waals surface area contributed by atoms with Crippen LogP contribution in [0.3, 0.4) is 0 Å². The largest absolute Gasteiger partial charge is 0.241 e. The monoisotopic (exact) mass is 780 g/mol.